The van der Waals surface area contributed by atoms with Crippen molar-refractivity contribution >= 4 is 5.96 Å². The first-order valence-corrected chi connectivity index (χ1v) is 5.59. The molecule has 0 aromatic carbocycles. The molecule has 2 aliphatic heterocycles. The third-order valence-electron chi connectivity index (χ3n) is 3.43. The number of piperidine rings is 1. The van der Waals surface area contributed by atoms with Gasteiger partial charge in [-0.25, -0.2) is 0 Å². The summed E-state index contributed by atoms with van der Waals surface area (Å²) in [5.74, 6) is 1.22. The predicted molar refractivity (Wildman–Crippen MR) is 59.5 cm³/mol. The van der Waals surface area contributed by atoms with E-state index in [4.69, 9.17) is 0 Å². The molecule has 2 heterocycles. The molecule has 0 saturated carbocycles. The number of nitrogens with zero attached hydrogens (tertiary/aromatic N) is 3. The van der Waals surface area contributed by atoms with Gasteiger partial charge in [0.15, 0.2) is 5.96 Å². The highest BCUT2D eigenvalue weighted by Crippen LogP contribution is 2.30. The maximum atomic E-state index is 4.56. The lowest BCUT2D eigenvalue weighted by atomic mass is 9.83. The first kappa shape index (κ1) is 9.81. The second-order valence-electron chi connectivity index (χ2n) is 5.25. The molecule has 0 atom stereocenters. The first-order chi connectivity index (χ1) is 6.58. The van der Waals surface area contributed by atoms with Crippen molar-refractivity contribution in [3.63, 3.8) is 0 Å². The van der Waals surface area contributed by atoms with Crippen LogP contribution in [0.15, 0.2) is 4.99 Å². The lowest BCUT2D eigenvalue weighted by Crippen LogP contribution is -2.46. The number of hydrogen-bond acceptors (Lipinski definition) is 3. The average molecular weight is 195 g/mol. The Balaban J connectivity index is 1.95. The maximum Gasteiger partial charge on any atom is 0.196 e. The summed E-state index contributed by atoms with van der Waals surface area (Å²) in [5.41, 5.74) is 0.536. The number of likely N-dealkylation sites (tertiary alicyclic amines) is 1. The monoisotopic (exact) mass is 195 g/mol. The lowest BCUT2D eigenvalue weighted by Gasteiger charge is -2.39. The van der Waals surface area contributed by atoms with E-state index in [0.29, 0.717) is 5.41 Å². The molecule has 0 amide bonds. The van der Waals surface area contributed by atoms with Crippen molar-refractivity contribution in [2.75, 3.05) is 33.2 Å². The molecule has 0 aliphatic carbocycles. The second-order valence-corrected chi connectivity index (χ2v) is 5.25. The molecular weight excluding hydrogens is 174 g/mol. The second kappa shape index (κ2) is 3.44. The highest BCUT2D eigenvalue weighted by molar-refractivity contribution is 5.81. The van der Waals surface area contributed by atoms with Gasteiger partial charge < -0.3 is 9.80 Å². The van der Waals surface area contributed by atoms with Crippen molar-refractivity contribution in [2.45, 2.75) is 26.7 Å². The topological polar surface area (TPSA) is 18.8 Å². The maximum absolute atomic E-state index is 4.56. The molecule has 0 unspecified atom stereocenters. The molecular formula is C11H21N3. The van der Waals surface area contributed by atoms with Crippen molar-refractivity contribution in [3.8, 4) is 0 Å². The average Bonchev–Trinajstić information content (AvgIpc) is 2.52. The van der Waals surface area contributed by atoms with Gasteiger partial charge >= 0.3 is 0 Å². The molecule has 3 nitrogen and oxygen atoms in total. The molecule has 1 fully saturated rings. The summed E-state index contributed by atoms with van der Waals surface area (Å²) in [4.78, 5) is 9.28. The molecule has 2 rings (SSSR count). The van der Waals surface area contributed by atoms with Crippen LogP contribution in [0.25, 0.3) is 0 Å². The van der Waals surface area contributed by atoms with E-state index in [1.54, 1.807) is 0 Å². The van der Waals surface area contributed by atoms with E-state index in [-0.39, 0.29) is 0 Å². The quantitative estimate of drug-likeness (QED) is 0.582. The van der Waals surface area contributed by atoms with Crippen molar-refractivity contribution in [2.24, 2.45) is 10.4 Å². The summed E-state index contributed by atoms with van der Waals surface area (Å²) in [5, 5.41) is 0. The number of likely N-dealkylation sites (N-methyl/N-ethyl adjacent to an activating group) is 1. The Bertz CT molecular complexity index is 235. The van der Waals surface area contributed by atoms with Crippen LogP contribution in [0, 0.1) is 5.41 Å². The Morgan fingerprint density at radius 2 is 1.79 bits per heavy atom. The van der Waals surface area contributed by atoms with Crippen LogP contribution in [-0.2, 0) is 0 Å². The number of aliphatic imine (C=N–C) groups is 1. The molecule has 1 saturated heterocycles. The summed E-state index contributed by atoms with van der Waals surface area (Å²) in [6.45, 7) is 9.16. The van der Waals surface area contributed by atoms with Crippen molar-refractivity contribution in [1.82, 2.24) is 9.80 Å². The minimum Gasteiger partial charge on any atom is -0.344 e. The molecule has 0 spiro atoms. The van der Waals surface area contributed by atoms with Crippen LogP contribution in [0.4, 0.5) is 0 Å². The first-order valence-electron chi connectivity index (χ1n) is 5.59. The van der Waals surface area contributed by atoms with Crippen LogP contribution in [0.2, 0.25) is 0 Å². The van der Waals surface area contributed by atoms with Crippen LogP contribution < -0.4 is 0 Å². The molecule has 0 radical (unpaired) electrons. The number of hydrogen-bond donors (Lipinski definition) is 0. The predicted octanol–water partition coefficient (Wildman–Crippen LogP) is 1.41. The number of guanidine groups is 1. The van der Waals surface area contributed by atoms with Crippen LogP contribution in [0.5, 0.6) is 0 Å². The SMILES string of the molecule is CN1CCN=C1N1CCC(C)(C)CC1. The lowest BCUT2D eigenvalue weighted by molar-refractivity contribution is 0.179. The van der Waals surface area contributed by atoms with E-state index in [0.717, 1.165) is 13.1 Å². The van der Waals surface area contributed by atoms with Gasteiger partial charge in [0, 0.05) is 26.7 Å². The third kappa shape index (κ3) is 1.86. The van der Waals surface area contributed by atoms with E-state index in [1.165, 1.54) is 31.9 Å². The molecule has 14 heavy (non-hydrogen) atoms. The summed E-state index contributed by atoms with van der Waals surface area (Å²) in [7, 11) is 2.14. The van der Waals surface area contributed by atoms with Gasteiger partial charge in [0.1, 0.15) is 0 Å². The van der Waals surface area contributed by atoms with E-state index >= 15 is 0 Å². The van der Waals surface area contributed by atoms with Crippen LogP contribution in [-0.4, -0.2) is 49.0 Å². The van der Waals surface area contributed by atoms with Crippen LogP contribution >= 0.6 is 0 Å². The summed E-state index contributed by atoms with van der Waals surface area (Å²) >= 11 is 0. The van der Waals surface area contributed by atoms with Gasteiger partial charge in [0.05, 0.1) is 6.54 Å². The van der Waals surface area contributed by atoms with Gasteiger partial charge in [-0.3, -0.25) is 4.99 Å². The van der Waals surface area contributed by atoms with E-state index in [9.17, 15) is 0 Å². The zero-order valence-corrected chi connectivity index (χ0v) is 9.58. The van der Waals surface area contributed by atoms with Crippen molar-refractivity contribution in [3.05, 3.63) is 0 Å². The number of rotatable bonds is 0. The fourth-order valence-corrected chi connectivity index (χ4v) is 2.17. The highest BCUT2D eigenvalue weighted by atomic mass is 15.4. The Labute approximate surface area is 86.8 Å². The normalized spacial score (nSPS) is 26.6. The van der Waals surface area contributed by atoms with E-state index in [2.05, 4.69) is 35.7 Å². The Morgan fingerprint density at radius 3 is 2.29 bits per heavy atom. The Kier molecular flexibility index (Phi) is 2.41. The summed E-state index contributed by atoms with van der Waals surface area (Å²) < 4.78 is 0. The molecule has 0 aromatic heterocycles. The summed E-state index contributed by atoms with van der Waals surface area (Å²) in [6.07, 6.45) is 2.58. The highest BCUT2D eigenvalue weighted by Gasteiger charge is 2.29. The molecule has 2 aliphatic rings. The van der Waals surface area contributed by atoms with Gasteiger partial charge in [0.25, 0.3) is 0 Å². The smallest absolute Gasteiger partial charge is 0.196 e. The fourth-order valence-electron chi connectivity index (χ4n) is 2.17. The molecule has 0 N–H and O–H groups in total. The third-order valence-corrected chi connectivity index (χ3v) is 3.43. The zero-order chi connectivity index (χ0) is 10.2. The summed E-state index contributed by atoms with van der Waals surface area (Å²) in [6, 6.07) is 0. The van der Waals surface area contributed by atoms with Crippen molar-refractivity contribution < 1.29 is 0 Å². The van der Waals surface area contributed by atoms with Crippen LogP contribution in [0.3, 0.4) is 0 Å². The molecule has 3 heteroatoms. The molecule has 80 valence electrons. The van der Waals surface area contributed by atoms with Gasteiger partial charge in [-0.2, -0.15) is 0 Å². The van der Waals surface area contributed by atoms with E-state index < -0.39 is 0 Å². The van der Waals surface area contributed by atoms with Gasteiger partial charge in [-0.1, -0.05) is 13.8 Å². The minimum atomic E-state index is 0.536. The van der Waals surface area contributed by atoms with Gasteiger partial charge in [-0.15, -0.1) is 0 Å². The zero-order valence-electron chi connectivity index (χ0n) is 9.58. The van der Waals surface area contributed by atoms with Gasteiger partial charge in [-0.05, 0) is 18.3 Å². The van der Waals surface area contributed by atoms with Crippen LogP contribution in [0.1, 0.15) is 26.7 Å². The largest absolute Gasteiger partial charge is 0.344 e. The molecule has 0 aromatic rings. The Morgan fingerprint density at radius 1 is 1.14 bits per heavy atom. The fraction of sp³-hybridized carbons (Fsp3) is 0.909. The Hall–Kier alpha value is -0.730. The van der Waals surface area contributed by atoms with Gasteiger partial charge in [0.2, 0.25) is 0 Å². The van der Waals surface area contributed by atoms with Crippen molar-refractivity contribution in [1.29, 1.82) is 0 Å². The molecule has 0 bridgehead atoms. The minimum absolute atomic E-state index is 0.536. The van der Waals surface area contributed by atoms with E-state index in [1.807, 2.05) is 0 Å². The standard InChI is InChI=1S/C11H21N3/c1-11(2)4-7-14(8-5-11)10-12-6-9-13(10)3/h4-9H2,1-3H3.